The number of rotatable bonds is 6. The summed E-state index contributed by atoms with van der Waals surface area (Å²) in [5, 5.41) is 8.78. The van der Waals surface area contributed by atoms with E-state index in [9.17, 15) is 0 Å². The van der Waals surface area contributed by atoms with Crippen LogP contribution in [0.25, 0.3) is 0 Å². The first kappa shape index (κ1) is 20.3. The summed E-state index contributed by atoms with van der Waals surface area (Å²) < 4.78 is 0. The number of thioether (sulfide) groups is 1. The lowest BCUT2D eigenvalue weighted by atomic mass is 10.1. The molecule has 0 aliphatic heterocycles. The normalized spacial score (nSPS) is 11.0. The molecule has 0 aliphatic rings. The zero-order chi connectivity index (χ0) is 15.8. The maximum atomic E-state index is 4.71. The molecular weight excluding hydrogens is 437 g/mol. The number of nitrogens with zero attached hydrogens (tertiary/aromatic N) is 1. The van der Waals surface area contributed by atoms with Crippen LogP contribution in [0, 0.1) is 6.92 Å². The summed E-state index contributed by atoms with van der Waals surface area (Å²) in [6.07, 6.45) is 2.11. The monoisotopic (exact) mass is 461 g/mol. The van der Waals surface area contributed by atoms with Gasteiger partial charge in [-0.3, -0.25) is 0 Å². The predicted octanol–water partition coefficient (Wildman–Crippen LogP) is 4.65. The molecule has 0 fully saturated rings. The van der Waals surface area contributed by atoms with E-state index in [1.807, 2.05) is 0 Å². The van der Waals surface area contributed by atoms with E-state index >= 15 is 0 Å². The summed E-state index contributed by atoms with van der Waals surface area (Å²) >= 11 is 3.53. The zero-order valence-electron chi connectivity index (χ0n) is 13.8. The van der Waals surface area contributed by atoms with E-state index in [0.29, 0.717) is 6.54 Å². The molecule has 0 amide bonds. The standard InChI is InChI=1S/C17H23N3S2.HI/c1-4-18-17(20-12-15-6-5-9-22-15)19-11-14-8-7-13(2)10-16(14)21-3;/h5-10H,4,11-12H2,1-3H3,(H2,18,19,20);1H. The van der Waals surface area contributed by atoms with Gasteiger partial charge >= 0.3 is 0 Å². The van der Waals surface area contributed by atoms with Crippen molar-refractivity contribution in [3.63, 3.8) is 0 Å². The largest absolute Gasteiger partial charge is 0.357 e. The molecule has 0 radical (unpaired) electrons. The molecule has 0 aliphatic carbocycles. The minimum Gasteiger partial charge on any atom is -0.357 e. The number of halogens is 1. The van der Waals surface area contributed by atoms with Crippen molar-refractivity contribution in [2.75, 3.05) is 12.8 Å². The van der Waals surface area contributed by atoms with Crippen molar-refractivity contribution in [3.8, 4) is 0 Å². The SMILES string of the molecule is CCNC(=NCc1ccc(C)cc1SC)NCc1cccs1.I. The van der Waals surface area contributed by atoms with Gasteiger partial charge in [0.2, 0.25) is 0 Å². The Morgan fingerprint density at radius 3 is 2.74 bits per heavy atom. The van der Waals surface area contributed by atoms with Crippen molar-refractivity contribution in [1.82, 2.24) is 10.6 Å². The first-order valence-corrected chi connectivity index (χ1v) is 9.51. The Labute approximate surface area is 164 Å². The fourth-order valence-electron chi connectivity index (χ4n) is 2.07. The van der Waals surface area contributed by atoms with E-state index < -0.39 is 0 Å². The summed E-state index contributed by atoms with van der Waals surface area (Å²) in [5.41, 5.74) is 2.56. The molecular formula is C17H24IN3S2. The molecule has 2 N–H and O–H groups in total. The van der Waals surface area contributed by atoms with Crippen LogP contribution < -0.4 is 10.6 Å². The number of hydrogen-bond donors (Lipinski definition) is 2. The Morgan fingerprint density at radius 1 is 1.26 bits per heavy atom. The second kappa shape index (κ2) is 10.9. The Hall–Kier alpha value is -0.730. The summed E-state index contributed by atoms with van der Waals surface area (Å²) in [6.45, 7) is 6.57. The first-order valence-electron chi connectivity index (χ1n) is 7.41. The van der Waals surface area contributed by atoms with E-state index in [4.69, 9.17) is 4.99 Å². The van der Waals surface area contributed by atoms with Gasteiger partial charge in [0.05, 0.1) is 13.1 Å². The fraction of sp³-hybridized carbons (Fsp3) is 0.353. The number of benzene rings is 1. The van der Waals surface area contributed by atoms with Gasteiger partial charge in [-0.2, -0.15) is 0 Å². The second-order valence-corrected chi connectivity index (χ2v) is 6.82. The van der Waals surface area contributed by atoms with Crippen LogP contribution in [0.15, 0.2) is 45.6 Å². The van der Waals surface area contributed by atoms with Gasteiger partial charge in [0.25, 0.3) is 0 Å². The van der Waals surface area contributed by atoms with Crippen LogP contribution in [-0.4, -0.2) is 18.8 Å². The van der Waals surface area contributed by atoms with Gasteiger partial charge < -0.3 is 10.6 Å². The molecule has 1 aromatic heterocycles. The van der Waals surface area contributed by atoms with E-state index in [1.54, 1.807) is 23.1 Å². The fourth-order valence-corrected chi connectivity index (χ4v) is 3.42. The molecule has 6 heteroatoms. The summed E-state index contributed by atoms with van der Waals surface area (Å²) in [4.78, 5) is 7.32. The minimum atomic E-state index is 0. The van der Waals surface area contributed by atoms with Gasteiger partial charge in [-0.1, -0.05) is 18.2 Å². The Bertz CT molecular complexity index is 612. The number of guanidine groups is 1. The lowest BCUT2D eigenvalue weighted by Crippen LogP contribution is -2.36. The number of thiophene rings is 1. The van der Waals surface area contributed by atoms with Crippen LogP contribution in [0.3, 0.4) is 0 Å². The lowest BCUT2D eigenvalue weighted by molar-refractivity contribution is 0.821. The summed E-state index contributed by atoms with van der Waals surface area (Å²) in [6, 6.07) is 10.8. The number of hydrogen-bond acceptors (Lipinski definition) is 3. The van der Waals surface area contributed by atoms with Gasteiger partial charge in [-0.25, -0.2) is 4.99 Å². The molecule has 2 rings (SSSR count). The first-order chi connectivity index (χ1) is 10.7. The molecule has 0 spiro atoms. The zero-order valence-corrected chi connectivity index (χ0v) is 17.7. The summed E-state index contributed by atoms with van der Waals surface area (Å²) in [5.74, 6) is 0.864. The van der Waals surface area contributed by atoms with Gasteiger partial charge in [0, 0.05) is 16.3 Å². The minimum absolute atomic E-state index is 0. The highest BCUT2D eigenvalue weighted by molar-refractivity contribution is 14.0. The maximum absolute atomic E-state index is 4.71. The van der Waals surface area contributed by atoms with Crippen molar-refractivity contribution in [1.29, 1.82) is 0 Å². The third kappa shape index (κ3) is 6.73. The van der Waals surface area contributed by atoms with Crippen LogP contribution in [0.5, 0.6) is 0 Å². The smallest absolute Gasteiger partial charge is 0.191 e. The summed E-state index contributed by atoms with van der Waals surface area (Å²) in [7, 11) is 0. The second-order valence-electron chi connectivity index (χ2n) is 4.94. The van der Waals surface area contributed by atoms with Gasteiger partial charge in [-0.05, 0) is 48.7 Å². The van der Waals surface area contributed by atoms with Crippen molar-refractivity contribution in [2.24, 2.45) is 4.99 Å². The Kier molecular flexibility index (Phi) is 9.66. The van der Waals surface area contributed by atoms with E-state index in [1.165, 1.54) is 20.9 Å². The van der Waals surface area contributed by atoms with Crippen LogP contribution in [0.2, 0.25) is 0 Å². The van der Waals surface area contributed by atoms with E-state index in [-0.39, 0.29) is 24.0 Å². The highest BCUT2D eigenvalue weighted by atomic mass is 127. The van der Waals surface area contributed by atoms with Crippen LogP contribution >= 0.6 is 47.1 Å². The van der Waals surface area contributed by atoms with Crippen molar-refractivity contribution >= 4 is 53.0 Å². The Balaban J connectivity index is 0.00000264. The maximum Gasteiger partial charge on any atom is 0.191 e. The van der Waals surface area contributed by atoms with E-state index in [0.717, 1.165) is 19.0 Å². The Morgan fingerprint density at radius 2 is 2.09 bits per heavy atom. The topological polar surface area (TPSA) is 36.4 Å². The number of aliphatic imine (C=N–C) groups is 1. The van der Waals surface area contributed by atoms with Gasteiger partial charge in [-0.15, -0.1) is 47.1 Å². The molecule has 0 unspecified atom stereocenters. The molecule has 1 aromatic carbocycles. The van der Waals surface area contributed by atoms with Crippen LogP contribution in [0.1, 0.15) is 22.9 Å². The molecule has 0 bridgehead atoms. The molecule has 0 saturated carbocycles. The molecule has 126 valence electrons. The lowest BCUT2D eigenvalue weighted by Gasteiger charge is -2.11. The third-order valence-corrected chi connectivity index (χ3v) is 4.90. The highest BCUT2D eigenvalue weighted by Crippen LogP contribution is 2.22. The molecule has 0 atom stereocenters. The van der Waals surface area contributed by atoms with Crippen molar-refractivity contribution in [3.05, 3.63) is 51.7 Å². The average molecular weight is 461 g/mol. The van der Waals surface area contributed by atoms with Crippen LogP contribution in [0.4, 0.5) is 0 Å². The average Bonchev–Trinajstić information content (AvgIpc) is 3.04. The van der Waals surface area contributed by atoms with E-state index in [2.05, 4.69) is 66.4 Å². The molecule has 1 heterocycles. The van der Waals surface area contributed by atoms with Gasteiger partial charge in [0.1, 0.15) is 0 Å². The molecule has 3 nitrogen and oxygen atoms in total. The predicted molar refractivity (Wildman–Crippen MR) is 114 cm³/mol. The highest BCUT2D eigenvalue weighted by Gasteiger charge is 2.03. The number of aryl methyl sites for hydroxylation is 1. The van der Waals surface area contributed by atoms with Crippen molar-refractivity contribution in [2.45, 2.75) is 31.8 Å². The van der Waals surface area contributed by atoms with Gasteiger partial charge in [0.15, 0.2) is 5.96 Å². The van der Waals surface area contributed by atoms with Crippen LogP contribution in [-0.2, 0) is 13.1 Å². The third-order valence-electron chi connectivity index (χ3n) is 3.20. The quantitative estimate of drug-likeness (QED) is 0.285. The number of nitrogens with one attached hydrogen (secondary N) is 2. The molecule has 23 heavy (non-hydrogen) atoms. The molecule has 2 aromatic rings. The molecule has 0 saturated heterocycles. The van der Waals surface area contributed by atoms with Crippen molar-refractivity contribution < 1.29 is 0 Å².